The fraction of sp³-hybridized carbons (Fsp3) is 0.400. The van der Waals surface area contributed by atoms with Crippen molar-refractivity contribution < 1.29 is 8.97 Å². The smallest absolute Gasteiger partial charge is 0.136 e. The molecule has 0 fully saturated rings. The van der Waals surface area contributed by atoms with E-state index in [4.69, 9.17) is 9.68 Å². The van der Waals surface area contributed by atoms with Gasteiger partial charge >= 0.3 is 0 Å². The van der Waals surface area contributed by atoms with E-state index in [-0.39, 0.29) is 10.8 Å². The van der Waals surface area contributed by atoms with Crippen LogP contribution < -0.4 is 4.72 Å². The first-order chi connectivity index (χ1) is 9.31. The number of nitrogens with one attached hydrogen (secondary N) is 1. The Labute approximate surface area is 122 Å². The van der Waals surface area contributed by atoms with E-state index in [9.17, 15) is 4.55 Å². The van der Waals surface area contributed by atoms with Crippen LogP contribution in [0.5, 0.6) is 0 Å². The summed E-state index contributed by atoms with van der Waals surface area (Å²) in [6.45, 7) is 7.66. The number of hydrogen-bond acceptors (Lipinski definition) is 4. The van der Waals surface area contributed by atoms with Gasteiger partial charge in [0.25, 0.3) is 0 Å². The van der Waals surface area contributed by atoms with Gasteiger partial charge in [-0.1, -0.05) is 0 Å². The maximum absolute atomic E-state index is 12.1. The zero-order valence-electron chi connectivity index (χ0n) is 12.1. The van der Waals surface area contributed by atoms with Crippen molar-refractivity contribution >= 4 is 22.3 Å². The Balaban J connectivity index is 2.23. The van der Waals surface area contributed by atoms with Crippen molar-refractivity contribution in [3.8, 4) is 6.07 Å². The van der Waals surface area contributed by atoms with Crippen LogP contribution in [-0.2, 0) is 11.4 Å². The van der Waals surface area contributed by atoms with Gasteiger partial charge in [0.15, 0.2) is 0 Å². The number of benzene rings is 1. The van der Waals surface area contributed by atoms with Crippen molar-refractivity contribution in [3.05, 3.63) is 35.6 Å². The lowest BCUT2D eigenvalue weighted by Gasteiger charge is -2.25. The van der Waals surface area contributed by atoms with Gasteiger partial charge < -0.3 is 8.97 Å². The molecule has 0 radical (unpaired) electrons. The topological polar surface area (TPSA) is 72.0 Å². The summed E-state index contributed by atoms with van der Waals surface area (Å²) < 4.78 is 20.5. The third-order valence-corrected chi connectivity index (χ3v) is 4.61. The molecule has 2 aromatic rings. The molecule has 1 N–H and O–H groups in total. The van der Waals surface area contributed by atoms with E-state index >= 15 is 0 Å². The lowest BCUT2D eigenvalue weighted by atomic mass is 10.1. The largest absolute Gasteiger partial charge is 0.598 e. The molecular formula is C15H18N2O2S. The number of fused-ring (bicyclic) bond motifs is 1. The zero-order valence-corrected chi connectivity index (χ0v) is 12.9. The molecule has 0 saturated heterocycles. The molecule has 20 heavy (non-hydrogen) atoms. The molecular weight excluding hydrogens is 272 g/mol. The van der Waals surface area contributed by atoms with Crippen LogP contribution in [-0.4, -0.2) is 9.30 Å². The van der Waals surface area contributed by atoms with Crippen molar-refractivity contribution in [2.75, 3.05) is 0 Å². The molecule has 0 aliphatic rings. The molecule has 4 nitrogen and oxygen atoms in total. The van der Waals surface area contributed by atoms with Crippen LogP contribution in [0, 0.1) is 11.3 Å². The van der Waals surface area contributed by atoms with E-state index in [1.807, 2.05) is 33.8 Å². The second kappa shape index (κ2) is 5.49. The first-order valence-corrected chi connectivity index (χ1v) is 7.58. The van der Waals surface area contributed by atoms with Crippen molar-refractivity contribution in [3.63, 3.8) is 0 Å². The summed E-state index contributed by atoms with van der Waals surface area (Å²) in [5, 5.41) is 9.77. The summed E-state index contributed by atoms with van der Waals surface area (Å²) in [4.78, 5) is 0. The summed E-state index contributed by atoms with van der Waals surface area (Å²) in [7, 11) is 0. The van der Waals surface area contributed by atoms with E-state index < -0.39 is 11.4 Å². The first-order valence-electron chi connectivity index (χ1n) is 6.43. The van der Waals surface area contributed by atoms with Crippen LogP contribution in [0.15, 0.2) is 28.7 Å². The van der Waals surface area contributed by atoms with E-state index in [0.29, 0.717) is 11.3 Å². The normalized spacial score (nSPS) is 15.0. The Hall–Kier alpha value is -1.48. The zero-order chi connectivity index (χ0) is 14.9. The third kappa shape index (κ3) is 3.15. The average molecular weight is 290 g/mol. The van der Waals surface area contributed by atoms with Crippen molar-refractivity contribution in [1.82, 2.24) is 4.72 Å². The van der Waals surface area contributed by atoms with Gasteiger partial charge in [-0.15, -0.1) is 4.72 Å². The van der Waals surface area contributed by atoms with Crippen LogP contribution in [0.1, 0.15) is 45.1 Å². The number of nitriles is 1. The molecule has 0 aliphatic heterocycles. The van der Waals surface area contributed by atoms with Gasteiger partial charge in [-0.3, -0.25) is 0 Å². The molecule has 0 bridgehead atoms. The van der Waals surface area contributed by atoms with Crippen LogP contribution in [0.3, 0.4) is 0 Å². The Bertz CT molecular complexity index is 652. The van der Waals surface area contributed by atoms with Crippen molar-refractivity contribution in [2.24, 2.45) is 0 Å². The fourth-order valence-corrected chi connectivity index (χ4v) is 2.53. The number of furan rings is 1. The molecule has 0 spiro atoms. The Morgan fingerprint density at radius 2 is 2.05 bits per heavy atom. The SMILES string of the molecule is CC(N[S+]([O-])C(C)(C)C)c1cc2cc(C#N)ccc2o1. The highest BCUT2D eigenvalue weighted by atomic mass is 32.2. The number of rotatable bonds is 3. The predicted octanol–water partition coefficient (Wildman–Crippen LogP) is 3.42. The van der Waals surface area contributed by atoms with E-state index in [0.717, 1.165) is 11.0 Å². The van der Waals surface area contributed by atoms with E-state index in [1.165, 1.54) is 0 Å². The van der Waals surface area contributed by atoms with Crippen LogP contribution in [0.25, 0.3) is 11.0 Å². The summed E-state index contributed by atoms with van der Waals surface area (Å²) in [6, 6.07) is 9.12. The highest BCUT2D eigenvalue weighted by Gasteiger charge is 2.29. The lowest BCUT2D eigenvalue weighted by Crippen LogP contribution is -2.40. The molecule has 106 valence electrons. The monoisotopic (exact) mass is 290 g/mol. The second-order valence-corrected chi connectivity index (χ2v) is 7.73. The molecule has 1 aromatic heterocycles. The minimum atomic E-state index is -1.16. The lowest BCUT2D eigenvalue weighted by molar-refractivity contribution is 0.475. The molecule has 0 amide bonds. The molecule has 2 rings (SSSR count). The minimum absolute atomic E-state index is 0.159. The second-order valence-electron chi connectivity index (χ2n) is 5.73. The van der Waals surface area contributed by atoms with Gasteiger partial charge in [0, 0.05) is 16.7 Å². The molecule has 0 saturated carbocycles. The van der Waals surface area contributed by atoms with Crippen LogP contribution in [0.2, 0.25) is 0 Å². The predicted molar refractivity (Wildman–Crippen MR) is 80.4 cm³/mol. The highest BCUT2D eigenvalue weighted by molar-refractivity contribution is 7.90. The standard InChI is InChI=1S/C15H18N2O2S/c1-10(17-20(18)15(2,3)4)14-8-12-7-11(9-16)5-6-13(12)19-14/h5-8,10,17H,1-4H3. The maximum Gasteiger partial charge on any atom is 0.136 e. The quantitative estimate of drug-likeness (QED) is 0.879. The Kier molecular flexibility index (Phi) is 4.09. The van der Waals surface area contributed by atoms with Crippen molar-refractivity contribution in [2.45, 2.75) is 38.5 Å². The van der Waals surface area contributed by atoms with Gasteiger partial charge in [0.2, 0.25) is 0 Å². The summed E-state index contributed by atoms with van der Waals surface area (Å²) in [5.74, 6) is 0.715. The van der Waals surface area contributed by atoms with Gasteiger partial charge in [0.05, 0.1) is 11.6 Å². The summed E-state index contributed by atoms with van der Waals surface area (Å²) in [5.41, 5.74) is 1.33. The fourth-order valence-electron chi connectivity index (χ4n) is 1.74. The average Bonchev–Trinajstić information content (AvgIpc) is 2.80. The van der Waals surface area contributed by atoms with Gasteiger partial charge in [0.1, 0.15) is 22.1 Å². The number of hydrogen-bond donors (Lipinski definition) is 1. The third-order valence-electron chi connectivity index (χ3n) is 2.93. The van der Waals surface area contributed by atoms with E-state index in [1.54, 1.807) is 18.2 Å². The summed E-state index contributed by atoms with van der Waals surface area (Å²) in [6.07, 6.45) is 0. The molecule has 2 atom stereocenters. The summed E-state index contributed by atoms with van der Waals surface area (Å²) >= 11 is -1.16. The first kappa shape index (κ1) is 14.9. The minimum Gasteiger partial charge on any atom is -0.598 e. The highest BCUT2D eigenvalue weighted by Crippen LogP contribution is 2.26. The Morgan fingerprint density at radius 1 is 1.35 bits per heavy atom. The van der Waals surface area contributed by atoms with Gasteiger partial charge in [-0.25, -0.2) is 0 Å². The molecule has 1 heterocycles. The maximum atomic E-state index is 12.1. The molecule has 5 heteroatoms. The van der Waals surface area contributed by atoms with Gasteiger partial charge in [-0.05, 0) is 52.0 Å². The number of nitrogens with zero attached hydrogens (tertiary/aromatic N) is 1. The van der Waals surface area contributed by atoms with Crippen molar-refractivity contribution in [1.29, 1.82) is 5.26 Å². The van der Waals surface area contributed by atoms with E-state index in [2.05, 4.69) is 10.8 Å². The molecule has 2 unspecified atom stereocenters. The Morgan fingerprint density at radius 3 is 2.65 bits per heavy atom. The van der Waals surface area contributed by atoms with Gasteiger partial charge in [-0.2, -0.15) is 5.26 Å². The molecule has 0 aliphatic carbocycles. The van der Waals surface area contributed by atoms with Crippen LogP contribution in [0.4, 0.5) is 0 Å². The molecule has 1 aromatic carbocycles. The van der Waals surface area contributed by atoms with Crippen LogP contribution >= 0.6 is 0 Å².